The number of halogens is 1. The van der Waals surface area contributed by atoms with Crippen molar-refractivity contribution in [1.82, 2.24) is 25.3 Å². The number of ether oxygens (including phenoxy) is 3. The van der Waals surface area contributed by atoms with E-state index in [0.717, 1.165) is 11.1 Å². The van der Waals surface area contributed by atoms with Gasteiger partial charge in [-0.25, -0.2) is 33.7 Å². The second kappa shape index (κ2) is 14.4. The van der Waals surface area contributed by atoms with Crippen molar-refractivity contribution in [3.8, 4) is 22.2 Å². The van der Waals surface area contributed by atoms with Gasteiger partial charge in [0.05, 0.1) is 52.0 Å². The SMILES string of the molecule is COc1cnc2c(-c3nc4cc(F)c(OC[C@@H](C)OC(=O)Nc5ccc(C(=O)NCC(C)(C)OP(=O)(O)O)nc5)cc4s3)cc(C)cc2n1. The van der Waals surface area contributed by atoms with E-state index in [9.17, 15) is 14.2 Å². The molecular formula is C31H32FN6O9PS. The third-order valence-corrected chi connectivity index (χ3v) is 8.50. The Morgan fingerprint density at radius 3 is 2.55 bits per heavy atom. The first kappa shape index (κ1) is 35.5. The first-order chi connectivity index (χ1) is 23.1. The number of fused-ring (bicyclic) bond motifs is 2. The van der Waals surface area contributed by atoms with Gasteiger partial charge in [-0.15, -0.1) is 11.3 Å². The van der Waals surface area contributed by atoms with E-state index in [1.165, 1.54) is 62.9 Å². The van der Waals surface area contributed by atoms with E-state index in [1.807, 2.05) is 19.1 Å². The highest BCUT2D eigenvalue weighted by molar-refractivity contribution is 7.46. The Bertz CT molecular complexity index is 2070. The van der Waals surface area contributed by atoms with Crippen LogP contribution >= 0.6 is 19.2 Å². The Balaban J connectivity index is 1.16. The van der Waals surface area contributed by atoms with Crippen LogP contribution in [0.25, 0.3) is 31.8 Å². The fraction of sp³-hybridized carbons (Fsp3) is 0.290. The van der Waals surface area contributed by atoms with Gasteiger partial charge in [0.25, 0.3) is 5.91 Å². The summed E-state index contributed by atoms with van der Waals surface area (Å²) in [5.74, 6) is -0.902. The van der Waals surface area contributed by atoms with Gasteiger partial charge in [-0.1, -0.05) is 0 Å². The molecule has 0 saturated carbocycles. The van der Waals surface area contributed by atoms with E-state index in [-0.39, 0.29) is 30.3 Å². The standard InChI is InChI=1S/C31H32FN6O9PS/c1-16-8-19(27-23(9-16)37-26(44-5)13-34-27)29-38-22-10-20(32)24(11-25(22)49-29)45-14-17(2)46-30(40)36-18-6-7-21(33-12-18)28(39)35-15-31(3,4)47-48(41,42)43/h6-13,17H,14-15H2,1-5H3,(H,35,39)(H,36,40)(H2,41,42,43)/t17-/m1/s1. The number of amides is 2. The average molecular weight is 715 g/mol. The molecule has 5 aromatic rings. The van der Waals surface area contributed by atoms with Gasteiger partial charge >= 0.3 is 13.9 Å². The lowest BCUT2D eigenvalue weighted by atomic mass is 10.1. The highest BCUT2D eigenvalue weighted by Gasteiger charge is 2.29. The molecule has 5 rings (SSSR count). The van der Waals surface area contributed by atoms with E-state index in [2.05, 4.69) is 35.1 Å². The van der Waals surface area contributed by atoms with Crippen molar-refractivity contribution in [1.29, 1.82) is 0 Å². The van der Waals surface area contributed by atoms with Crippen LogP contribution in [-0.2, 0) is 13.8 Å². The molecule has 18 heteroatoms. The third-order valence-electron chi connectivity index (χ3n) is 6.72. The van der Waals surface area contributed by atoms with Crippen molar-refractivity contribution >= 4 is 58.1 Å². The number of benzene rings is 2. The molecule has 15 nitrogen and oxygen atoms in total. The molecule has 0 unspecified atom stereocenters. The largest absolute Gasteiger partial charge is 0.487 e. The lowest BCUT2D eigenvalue weighted by Gasteiger charge is -2.25. The molecule has 3 aromatic heterocycles. The Morgan fingerprint density at radius 1 is 1.08 bits per heavy atom. The number of methoxy groups -OCH3 is 1. The van der Waals surface area contributed by atoms with E-state index in [4.69, 9.17) is 24.0 Å². The van der Waals surface area contributed by atoms with Crippen LogP contribution in [0.5, 0.6) is 11.6 Å². The normalized spacial score (nSPS) is 12.5. The molecule has 0 aliphatic heterocycles. The molecule has 0 spiro atoms. The molecule has 0 saturated heterocycles. The van der Waals surface area contributed by atoms with Gasteiger partial charge in [0, 0.05) is 24.2 Å². The van der Waals surface area contributed by atoms with E-state index >= 15 is 4.39 Å². The van der Waals surface area contributed by atoms with Crippen molar-refractivity contribution in [3.05, 3.63) is 65.9 Å². The molecular weight excluding hydrogens is 682 g/mol. The van der Waals surface area contributed by atoms with Gasteiger partial charge in [0.1, 0.15) is 23.4 Å². The fourth-order valence-corrected chi connectivity index (χ4v) is 6.28. The Kier molecular flexibility index (Phi) is 10.4. The molecule has 2 amide bonds. The van der Waals surface area contributed by atoms with Crippen molar-refractivity contribution in [2.75, 3.05) is 25.6 Å². The van der Waals surface area contributed by atoms with Crippen LogP contribution in [0.15, 0.2) is 48.8 Å². The Labute approximate surface area is 283 Å². The molecule has 49 heavy (non-hydrogen) atoms. The smallest absolute Gasteiger partial charge is 0.470 e. The van der Waals surface area contributed by atoms with E-state index < -0.39 is 37.3 Å². The number of rotatable bonds is 12. The number of thiazole rings is 1. The molecule has 0 fully saturated rings. The molecule has 0 aliphatic rings. The lowest BCUT2D eigenvalue weighted by Crippen LogP contribution is -2.40. The number of pyridine rings is 1. The molecule has 3 heterocycles. The highest BCUT2D eigenvalue weighted by atomic mass is 32.1. The lowest BCUT2D eigenvalue weighted by molar-refractivity contribution is 0.0595. The summed E-state index contributed by atoms with van der Waals surface area (Å²) in [6.45, 7) is 5.95. The number of aromatic nitrogens is 4. The number of nitrogens with zero attached hydrogens (tertiary/aromatic N) is 4. The maximum Gasteiger partial charge on any atom is 0.470 e. The molecule has 0 radical (unpaired) electrons. The summed E-state index contributed by atoms with van der Waals surface area (Å²) in [5.41, 5.74) is 2.30. The first-order valence-corrected chi connectivity index (χ1v) is 17.0. The number of nitrogens with one attached hydrogen (secondary N) is 2. The maximum atomic E-state index is 15.0. The van der Waals surface area contributed by atoms with Crippen LogP contribution in [-0.4, -0.2) is 73.7 Å². The molecule has 2 aromatic carbocycles. The molecule has 1 atom stereocenters. The summed E-state index contributed by atoms with van der Waals surface area (Å²) in [5, 5.41) is 5.59. The number of carbonyl (C=O) groups excluding carboxylic acids is 2. The zero-order valence-corrected chi connectivity index (χ0v) is 28.6. The number of anilines is 1. The van der Waals surface area contributed by atoms with Gasteiger partial charge in [-0.05, 0) is 57.5 Å². The minimum Gasteiger partial charge on any atom is -0.487 e. The number of hydrogen-bond donors (Lipinski definition) is 4. The molecule has 258 valence electrons. The highest BCUT2D eigenvalue weighted by Crippen LogP contribution is 2.41. The predicted octanol–water partition coefficient (Wildman–Crippen LogP) is 5.39. The molecule has 4 N–H and O–H groups in total. The van der Waals surface area contributed by atoms with Crippen LogP contribution in [0.1, 0.15) is 36.8 Å². The number of carbonyl (C=O) groups is 2. The topological polar surface area (TPSA) is 204 Å². The van der Waals surface area contributed by atoms with Crippen LogP contribution in [0.4, 0.5) is 14.9 Å². The van der Waals surface area contributed by atoms with Gasteiger partial charge in [-0.2, -0.15) is 0 Å². The van der Waals surface area contributed by atoms with Gasteiger partial charge in [0.15, 0.2) is 11.6 Å². The fourth-order valence-electron chi connectivity index (χ4n) is 4.58. The van der Waals surface area contributed by atoms with Crippen LogP contribution in [0, 0.1) is 12.7 Å². The van der Waals surface area contributed by atoms with Crippen molar-refractivity contribution in [3.63, 3.8) is 0 Å². The van der Waals surface area contributed by atoms with E-state index in [1.54, 1.807) is 13.0 Å². The minimum atomic E-state index is -4.75. The monoisotopic (exact) mass is 714 g/mol. The second-order valence-corrected chi connectivity index (χ2v) is 13.7. The predicted molar refractivity (Wildman–Crippen MR) is 178 cm³/mol. The number of aryl methyl sites for hydroxylation is 1. The van der Waals surface area contributed by atoms with Crippen LogP contribution in [0.2, 0.25) is 0 Å². The zero-order chi connectivity index (χ0) is 35.5. The Morgan fingerprint density at radius 2 is 1.86 bits per heavy atom. The summed E-state index contributed by atoms with van der Waals surface area (Å²) >= 11 is 1.34. The van der Waals surface area contributed by atoms with Crippen molar-refractivity contribution in [2.24, 2.45) is 0 Å². The summed E-state index contributed by atoms with van der Waals surface area (Å²) in [6, 6.07) is 9.42. The van der Waals surface area contributed by atoms with Crippen molar-refractivity contribution < 1.29 is 47.1 Å². The summed E-state index contributed by atoms with van der Waals surface area (Å²) in [4.78, 5) is 60.4. The zero-order valence-electron chi connectivity index (χ0n) is 26.9. The minimum absolute atomic E-state index is 0.0127. The average Bonchev–Trinajstić information content (AvgIpc) is 3.43. The van der Waals surface area contributed by atoms with Gasteiger partial charge < -0.3 is 29.3 Å². The first-order valence-electron chi connectivity index (χ1n) is 14.6. The van der Waals surface area contributed by atoms with Crippen LogP contribution < -0.4 is 20.1 Å². The summed E-state index contributed by atoms with van der Waals surface area (Å²) < 4.78 is 47.6. The van der Waals surface area contributed by atoms with Gasteiger partial charge in [-0.3, -0.25) is 14.6 Å². The number of phosphoric acid groups is 1. The van der Waals surface area contributed by atoms with Gasteiger partial charge in [0.2, 0.25) is 5.88 Å². The Hall–Kier alpha value is -4.80. The summed E-state index contributed by atoms with van der Waals surface area (Å²) in [6.07, 6.45) is 1.14. The second-order valence-electron chi connectivity index (χ2n) is 11.5. The number of phosphoric ester groups is 1. The van der Waals surface area contributed by atoms with E-state index in [0.29, 0.717) is 32.1 Å². The third kappa shape index (κ3) is 9.22. The molecule has 0 bridgehead atoms. The van der Waals surface area contributed by atoms with Crippen molar-refractivity contribution in [2.45, 2.75) is 39.4 Å². The molecule has 0 aliphatic carbocycles. The number of hydrogen-bond acceptors (Lipinski definition) is 12. The summed E-state index contributed by atoms with van der Waals surface area (Å²) in [7, 11) is -3.23. The quantitative estimate of drug-likeness (QED) is 0.120. The van der Waals surface area contributed by atoms with Crippen LogP contribution in [0.3, 0.4) is 0 Å². The maximum absolute atomic E-state index is 15.0.